The van der Waals surface area contributed by atoms with Crippen LogP contribution >= 0.6 is 12.4 Å². The number of anilines is 2. The van der Waals surface area contributed by atoms with Crippen molar-refractivity contribution in [2.24, 2.45) is 11.8 Å². The van der Waals surface area contributed by atoms with E-state index in [1.165, 1.54) is 31.6 Å². The van der Waals surface area contributed by atoms with E-state index < -0.39 is 17.7 Å². The van der Waals surface area contributed by atoms with Gasteiger partial charge in [0, 0.05) is 50.5 Å². The molecule has 2 aliphatic carbocycles. The number of nitrogens with one attached hydrogen (secondary N) is 3. The Labute approximate surface area is 425 Å². The van der Waals surface area contributed by atoms with E-state index in [1.54, 1.807) is 35.2 Å². The predicted molar refractivity (Wildman–Crippen MR) is 271 cm³/mol. The van der Waals surface area contributed by atoms with Crippen LogP contribution in [0.5, 0.6) is 23.0 Å². The first-order valence-electron chi connectivity index (χ1n) is 24.9. The van der Waals surface area contributed by atoms with Crippen LogP contribution in [0, 0.1) is 11.8 Å². The number of aromatic nitrogens is 2. The Morgan fingerprint density at radius 1 is 0.708 bits per heavy atom. The molecule has 18 nitrogen and oxygen atoms in total. The SMILES string of the molecule is CC(=O)N1Cc2c(C3CCCN(C(=O)OC(C)(C)C)C3)cc(-c3c(O)cccc3OCC3CC3)nc2NC1=O.CC(=O)N1Cc2c(C3CCCNC3)cc(-c3c(O)cccc3OCC3CC3)nc2NC1=O.Cl. The number of halogens is 1. The number of piperidine rings is 2. The maximum atomic E-state index is 12.9. The number of nitrogens with zero attached hydrogens (tertiary/aromatic N) is 5. The summed E-state index contributed by atoms with van der Waals surface area (Å²) in [7, 11) is 0. The van der Waals surface area contributed by atoms with Crippen molar-refractivity contribution in [2.45, 2.75) is 117 Å². The van der Waals surface area contributed by atoms with E-state index in [-0.39, 0.29) is 66.7 Å². The number of likely N-dealkylation sites (tertiary alicyclic amines) is 1. The van der Waals surface area contributed by atoms with Crippen LogP contribution in [-0.4, -0.2) is 110 Å². The third kappa shape index (κ3) is 11.8. The number of rotatable bonds is 10. The van der Waals surface area contributed by atoms with Crippen LogP contribution in [0.4, 0.5) is 26.0 Å². The van der Waals surface area contributed by atoms with Gasteiger partial charge in [-0.3, -0.25) is 30.0 Å². The number of urea groups is 2. The highest BCUT2D eigenvalue weighted by atomic mass is 35.5. The van der Waals surface area contributed by atoms with Gasteiger partial charge in [0.1, 0.15) is 40.2 Å². The predicted octanol–water partition coefficient (Wildman–Crippen LogP) is 9.28. The molecule has 4 fully saturated rings. The number of aromatic hydroxyl groups is 2. The molecule has 2 saturated carbocycles. The zero-order chi connectivity index (χ0) is 50.1. The third-order valence-corrected chi connectivity index (χ3v) is 13.8. The topological polar surface area (TPSA) is 225 Å². The number of imide groups is 2. The highest BCUT2D eigenvalue weighted by Crippen LogP contribution is 2.45. The van der Waals surface area contributed by atoms with Crippen LogP contribution in [0.2, 0.25) is 0 Å². The average Bonchev–Trinajstić information content (AvgIpc) is 4.28. The van der Waals surface area contributed by atoms with Gasteiger partial charge < -0.3 is 34.6 Å². The molecular weight excluding hydrogens is 944 g/mol. The third-order valence-electron chi connectivity index (χ3n) is 13.8. The summed E-state index contributed by atoms with van der Waals surface area (Å²) in [5, 5.41) is 30.6. The van der Waals surface area contributed by atoms with Crippen LogP contribution in [-0.2, 0) is 27.4 Å². The first-order valence-corrected chi connectivity index (χ1v) is 24.9. The first-order chi connectivity index (χ1) is 34.0. The molecule has 6 heterocycles. The lowest BCUT2D eigenvalue weighted by molar-refractivity contribution is -0.127. The number of hydrogen-bond acceptors (Lipinski definition) is 13. The van der Waals surface area contributed by atoms with Crippen molar-refractivity contribution in [3.8, 4) is 45.5 Å². The van der Waals surface area contributed by atoms with Gasteiger partial charge in [-0.05, 0) is 144 Å². The normalized spacial score (nSPS) is 19.5. The number of benzene rings is 2. The van der Waals surface area contributed by atoms with Gasteiger partial charge in [0.15, 0.2) is 0 Å². The van der Waals surface area contributed by atoms with Crippen molar-refractivity contribution in [2.75, 3.05) is 50.0 Å². The van der Waals surface area contributed by atoms with Crippen LogP contribution in [0.15, 0.2) is 48.5 Å². The fourth-order valence-corrected chi connectivity index (χ4v) is 9.63. The maximum absolute atomic E-state index is 12.9. The van der Waals surface area contributed by atoms with Crippen LogP contribution in [0.25, 0.3) is 22.5 Å². The zero-order valence-electron chi connectivity index (χ0n) is 41.5. The Kier molecular flexibility index (Phi) is 15.5. The van der Waals surface area contributed by atoms with Gasteiger partial charge >= 0.3 is 18.2 Å². The number of ether oxygens (including phenoxy) is 3. The molecule has 384 valence electrons. The van der Waals surface area contributed by atoms with Gasteiger partial charge in [0.25, 0.3) is 0 Å². The van der Waals surface area contributed by atoms with Gasteiger partial charge in [-0.2, -0.15) is 0 Å². The number of fused-ring (bicyclic) bond motifs is 2. The summed E-state index contributed by atoms with van der Waals surface area (Å²) in [6.07, 6.45) is 7.85. The summed E-state index contributed by atoms with van der Waals surface area (Å²) >= 11 is 0. The molecule has 5 N–H and O–H groups in total. The lowest BCUT2D eigenvalue weighted by Gasteiger charge is -2.36. The van der Waals surface area contributed by atoms with Crippen molar-refractivity contribution in [1.82, 2.24) is 30.0 Å². The molecule has 7 amide bonds. The van der Waals surface area contributed by atoms with Crippen LogP contribution in [0.1, 0.15) is 120 Å². The highest BCUT2D eigenvalue weighted by Gasteiger charge is 2.37. The molecule has 72 heavy (non-hydrogen) atoms. The van der Waals surface area contributed by atoms with E-state index in [0.29, 0.717) is 83.8 Å². The maximum Gasteiger partial charge on any atom is 0.410 e. The Hall–Kier alpha value is -6.66. The summed E-state index contributed by atoms with van der Waals surface area (Å²) < 4.78 is 17.8. The number of carbonyl (C=O) groups excluding carboxylic acids is 5. The Morgan fingerprint density at radius 3 is 1.64 bits per heavy atom. The lowest BCUT2D eigenvalue weighted by atomic mass is 9.86. The molecule has 0 spiro atoms. The fourth-order valence-electron chi connectivity index (χ4n) is 9.63. The smallest absolute Gasteiger partial charge is 0.410 e. The minimum Gasteiger partial charge on any atom is -0.507 e. The standard InChI is InChI=1S/C29H36N4O6.C24H28N4O4.ClH/c1-17(34)33-15-21-20(19-7-6-12-32(14-19)28(37)39-29(2,3)4)13-22(30-26(21)31-27(33)36)25-23(35)8-5-9-24(25)38-16-18-10-11-18;1-14(29)28-12-18-17(16-4-3-9-25-11-16)10-19(26-23(18)27-24(28)31)22-20(30)5-2-6-21(22)32-13-15-7-8-15;/h5,8-9,13,18-19,35H,6-7,10-12,14-16H2,1-4H3,(H,30,31,36);2,5-6,10,15-16,25,30H,3-4,7-9,11-13H2,1H3,(H,26,27,31);1H. The lowest BCUT2D eigenvalue weighted by Crippen LogP contribution is -2.44. The van der Waals surface area contributed by atoms with Crippen LogP contribution < -0.4 is 25.4 Å². The number of amides is 7. The molecule has 0 radical (unpaired) electrons. The number of hydrogen-bond donors (Lipinski definition) is 5. The van der Waals surface area contributed by atoms with Crippen molar-refractivity contribution in [3.63, 3.8) is 0 Å². The zero-order valence-corrected chi connectivity index (χ0v) is 42.4. The van der Waals surface area contributed by atoms with E-state index in [1.807, 2.05) is 39.0 Å². The summed E-state index contributed by atoms with van der Waals surface area (Å²) in [5.41, 5.74) is 4.87. The van der Waals surface area contributed by atoms with Gasteiger partial charge in [-0.15, -0.1) is 12.4 Å². The van der Waals surface area contributed by atoms with E-state index in [4.69, 9.17) is 24.2 Å². The number of phenols is 2. The molecular formula is C53H65ClN8O10. The molecule has 2 unspecified atom stereocenters. The van der Waals surface area contributed by atoms with E-state index in [9.17, 15) is 34.2 Å². The quantitative estimate of drug-likeness (QED) is 0.1000. The summed E-state index contributed by atoms with van der Waals surface area (Å²) in [6.45, 7) is 12.5. The molecule has 0 bridgehead atoms. The second-order valence-corrected chi connectivity index (χ2v) is 20.5. The number of carbonyl (C=O) groups is 5. The highest BCUT2D eigenvalue weighted by molar-refractivity contribution is 6.03. The molecule has 2 aromatic heterocycles. The van der Waals surface area contributed by atoms with Crippen molar-refractivity contribution in [1.29, 1.82) is 0 Å². The second-order valence-electron chi connectivity index (χ2n) is 20.5. The van der Waals surface area contributed by atoms with Gasteiger partial charge in [-0.25, -0.2) is 24.4 Å². The van der Waals surface area contributed by atoms with Gasteiger partial charge in [0.2, 0.25) is 11.8 Å². The van der Waals surface area contributed by atoms with E-state index in [0.717, 1.165) is 78.8 Å². The molecule has 4 aromatic rings. The Morgan fingerprint density at radius 2 is 1.19 bits per heavy atom. The number of pyridine rings is 2. The molecule has 2 atom stereocenters. The molecule has 2 aromatic carbocycles. The summed E-state index contributed by atoms with van der Waals surface area (Å²) in [5.74, 6) is 2.56. The Balaban J connectivity index is 0.000000193. The minimum absolute atomic E-state index is 0. The van der Waals surface area contributed by atoms with E-state index in [2.05, 4.69) is 16.0 Å². The van der Waals surface area contributed by atoms with Gasteiger partial charge in [-0.1, -0.05) is 12.1 Å². The average molecular weight is 1010 g/mol. The molecule has 19 heteroatoms. The number of phenolic OH excluding ortho intramolecular Hbond substituents is 2. The van der Waals surface area contributed by atoms with Crippen molar-refractivity contribution < 1.29 is 48.4 Å². The van der Waals surface area contributed by atoms with Crippen molar-refractivity contribution in [3.05, 3.63) is 70.8 Å². The van der Waals surface area contributed by atoms with Crippen molar-refractivity contribution >= 4 is 54.0 Å². The van der Waals surface area contributed by atoms with E-state index >= 15 is 0 Å². The molecule has 10 rings (SSSR count). The summed E-state index contributed by atoms with van der Waals surface area (Å²) in [4.78, 5) is 75.9. The Bertz CT molecular complexity index is 2730. The molecule has 2 saturated heterocycles. The molecule has 4 aliphatic heterocycles. The van der Waals surface area contributed by atoms with Crippen LogP contribution in [0.3, 0.4) is 0 Å². The monoisotopic (exact) mass is 1010 g/mol. The first kappa shape index (κ1) is 51.7. The largest absolute Gasteiger partial charge is 0.507 e. The van der Waals surface area contributed by atoms with Gasteiger partial charge in [0.05, 0.1) is 48.8 Å². The summed E-state index contributed by atoms with van der Waals surface area (Å²) in [6, 6.07) is 13.2. The minimum atomic E-state index is -0.610. The molecule has 6 aliphatic rings. The second kappa shape index (κ2) is 21.6. The fraction of sp³-hybridized carbons (Fsp3) is 0.491.